The van der Waals surface area contributed by atoms with Crippen LogP contribution in [0.1, 0.15) is 25.0 Å². The third kappa shape index (κ3) is 1.06. The van der Waals surface area contributed by atoms with Gasteiger partial charge in [-0.15, -0.1) is 0 Å². The van der Waals surface area contributed by atoms with Gasteiger partial charge in [0.05, 0.1) is 0 Å². The van der Waals surface area contributed by atoms with Crippen LogP contribution >= 0.6 is 11.6 Å². The monoisotopic (exact) mass is 185 g/mol. The third-order valence-corrected chi connectivity index (χ3v) is 3.00. The number of rotatable bonds is 2. The third-order valence-electron chi connectivity index (χ3n) is 2.80. The van der Waals surface area contributed by atoms with Gasteiger partial charge in [0.15, 0.2) is 5.22 Å². The van der Waals surface area contributed by atoms with Crippen molar-refractivity contribution < 1.29 is 4.42 Å². The van der Waals surface area contributed by atoms with Crippen LogP contribution in [0.4, 0.5) is 0 Å². The van der Waals surface area contributed by atoms with E-state index in [9.17, 15) is 0 Å². The van der Waals surface area contributed by atoms with Gasteiger partial charge in [0.1, 0.15) is 5.76 Å². The molecule has 0 bridgehead atoms. The van der Waals surface area contributed by atoms with Crippen molar-refractivity contribution in [2.75, 3.05) is 6.54 Å². The second-order valence-corrected chi connectivity index (χ2v) is 3.81. The summed E-state index contributed by atoms with van der Waals surface area (Å²) < 4.78 is 5.37. The maximum atomic E-state index is 5.71. The first-order valence-electron chi connectivity index (χ1n) is 4.23. The predicted octanol–water partition coefficient (Wildman–Crippen LogP) is 2.31. The first-order valence-corrected chi connectivity index (χ1v) is 4.60. The van der Waals surface area contributed by atoms with Gasteiger partial charge in [-0.05, 0) is 36.6 Å². The van der Waals surface area contributed by atoms with E-state index >= 15 is 0 Å². The van der Waals surface area contributed by atoms with Crippen LogP contribution in [0.15, 0.2) is 16.5 Å². The van der Waals surface area contributed by atoms with Gasteiger partial charge < -0.3 is 10.2 Å². The Labute approximate surface area is 76.7 Å². The van der Waals surface area contributed by atoms with E-state index in [-0.39, 0.29) is 5.41 Å². The molecule has 0 unspecified atom stereocenters. The topological polar surface area (TPSA) is 39.2 Å². The maximum absolute atomic E-state index is 5.71. The van der Waals surface area contributed by atoms with E-state index in [0.717, 1.165) is 18.6 Å². The fraction of sp³-hybridized carbons (Fsp3) is 0.556. The van der Waals surface area contributed by atoms with Gasteiger partial charge in [0, 0.05) is 12.0 Å². The molecule has 0 saturated heterocycles. The van der Waals surface area contributed by atoms with E-state index in [2.05, 4.69) is 0 Å². The molecule has 1 saturated carbocycles. The molecular weight excluding hydrogens is 174 g/mol. The molecule has 1 aromatic heterocycles. The number of furan rings is 1. The summed E-state index contributed by atoms with van der Waals surface area (Å²) in [6.45, 7) is 0.664. The summed E-state index contributed by atoms with van der Waals surface area (Å²) in [4.78, 5) is 0. The minimum Gasteiger partial charge on any atom is -0.449 e. The van der Waals surface area contributed by atoms with E-state index in [1.165, 1.54) is 6.42 Å². The Hall–Kier alpha value is -0.470. The Morgan fingerprint density at radius 3 is 2.58 bits per heavy atom. The smallest absolute Gasteiger partial charge is 0.193 e. The van der Waals surface area contributed by atoms with Gasteiger partial charge in [-0.1, -0.05) is 6.42 Å². The van der Waals surface area contributed by atoms with Crippen molar-refractivity contribution in [3.63, 3.8) is 0 Å². The molecule has 1 fully saturated rings. The number of hydrogen-bond donors (Lipinski definition) is 1. The molecule has 2 N–H and O–H groups in total. The molecule has 1 aromatic rings. The molecule has 66 valence electrons. The van der Waals surface area contributed by atoms with Crippen molar-refractivity contribution in [3.8, 4) is 0 Å². The lowest BCUT2D eigenvalue weighted by atomic mass is 9.67. The SMILES string of the molecule is NCC1(c2ccc(Cl)o2)CCC1. The van der Waals surface area contributed by atoms with Crippen LogP contribution in [-0.2, 0) is 5.41 Å². The number of halogens is 1. The second-order valence-electron chi connectivity index (χ2n) is 3.44. The molecule has 0 atom stereocenters. The van der Waals surface area contributed by atoms with Gasteiger partial charge in [0.2, 0.25) is 0 Å². The lowest BCUT2D eigenvalue weighted by molar-refractivity contribution is 0.208. The quantitative estimate of drug-likeness (QED) is 0.768. The van der Waals surface area contributed by atoms with Crippen LogP contribution in [0.25, 0.3) is 0 Å². The van der Waals surface area contributed by atoms with Crippen molar-refractivity contribution in [3.05, 3.63) is 23.1 Å². The standard InChI is InChI=1S/C9H12ClNO/c10-8-3-2-7(12-8)9(6-11)4-1-5-9/h2-3H,1,4-6,11H2. The predicted molar refractivity (Wildman–Crippen MR) is 48.3 cm³/mol. The fourth-order valence-corrected chi connectivity index (χ4v) is 1.90. The molecule has 1 aliphatic carbocycles. The van der Waals surface area contributed by atoms with E-state index < -0.39 is 0 Å². The number of nitrogens with two attached hydrogens (primary N) is 1. The molecule has 2 nitrogen and oxygen atoms in total. The molecule has 1 aliphatic rings. The highest BCUT2D eigenvalue weighted by atomic mass is 35.5. The minimum absolute atomic E-state index is 0.104. The minimum atomic E-state index is 0.104. The lowest BCUT2D eigenvalue weighted by Crippen LogP contribution is -2.41. The zero-order valence-electron chi connectivity index (χ0n) is 6.85. The van der Waals surface area contributed by atoms with Gasteiger partial charge in [-0.2, -0.15) is 0 Å². The van der Waals surface area contributed by atoms with E-state index in [0.29, 0.717) is 11.8 Å². The molecule has 1 heterocycles. The highest BCUT2D eigenvalue weighted by Crippen LogP contribution is 2.43. The Morgan fingerprint density at radius 1 is 1.50 bits per heavy atom. The largest absolute Gasteiger partial charge is 0.449 e. The molecule has 0 amide bonds. The maximum Gasteiger partial charge on any atom is 0.193 e. The summed E-state index contributed by atoms with van der Waals surface area (Å²) in [5.74, 6) is 0.959. The van der Waals surface area contributed by atoms with E-state index in [4.69, 9.17) is 21.8 Å². The van der Waals surface area contributed by atoms with Crippen LogP contribution in [0.5, 0.6) is 0 Å². The van der Waals surface area contributed by atoms with Crippen molar-refractivity contribution in [2.45, 2.75) is 24.7 Å². The van der Waals surface area contributed by atoms with Gasteiger partial charge in [0.25, 0.3) is 0 Å². The second kappa shape index (κ2) is 2.79. The van der Waals surface area contributed by atoms with E-state index in [1.54, 1.807) is 6.07 Å². The van der Waals surface area contributed by atoms with E-state index in [1.807, 2.05) is 6.07 Å². The van der Waals surface area contributed by atoms with Crippen molar-refractivity contribution in [1.82, 2.24) is 0 Å². The van der Waals surface area contributed by atoms with Crippen LogP contribution in [0, 0.1) is 0 Å². The van der Waals surface area contributed by atoms with Crippen molar-refractivity contribution >= 4 is 11.6 Å². The van der Waals surface area contributed by atoms with Gasteiger partial charge >= 0.3 is 0 Å². The Morgan fingerprint density at radius 2 is 2.25 bits per heavy atom. The Kier molecular flexibility index (Phi) is 1.89. The molecule has 3 heteroatoms. The average molecular weight is 186 g/mol. The number of hydrogen-bond acceptors (Lipinski definition) is 2. The summed E-state index contributed by atoms with van der Waals surface area (Å²) in [5.41, 5.74) is 5.81. The van der Waals surface area contributed by atoms with Crippen LogP contribution in [-0.4, -0.2) is 6.54 Å². The first-order chi connectivity index (χ1) is 5.77. The molecular formula is C9H12ClNO. The van der Waals surface area contributed by atoms with Crippen LogP contribution < -0.4 is 5.73 Å². The fourth-order valence-electron chi connectivity index (χ4n) is 1.75. The highest BCUT2D eigenvalue weighted by Gasteiger charge is 2.40. The van der Waals surface area contributed by atoms with Gasteiger partial charge in [-0.3, -0.25) is 0 Å². The Bertz CT molecular complexity index is 272. The zero-order chi connectivity index (χ0) is 8.60. The van der Waals surface area contributed by atoms with Crippen LogP contribution in [0.2, 0.25) is 5.22 Å². The normalized spacial score (nSPS) is 20.5. The molecule has 0 aromatic carbocycles. The zero-order valence-corrected chi connectivity index (χ0v) is 7.60. The molecule has 12 heavy (non-hydrogen) atoms. The lowest BCUT2D eigenvalue weighted by Gasteiger charge is -2.38. The summed E-state index contributed by atoms with van der Waals surface area (Å²) >= 11 is 5.70. The Balaban J connectivity index is 2.27. The van der Waals surface area contributed by atoms with Gasteiger partial charge in [-0.25, -0.2) is 0 Å². The first kappa shape index (κ1) is 8.14. The molecule has 0 radical (unpaired) electrons. The average Bonchev–Trinajstić information content (AvgIpc) is 2.35. The highest BCUT2D eigenvalue weighted by molar-refractivity contribution is 6.28. The van der Waals surface area contributed by atoms with Crippen molar-refractivity contribution in [2.24, 2.45) is 5.73 Å². The summed E-state index contributed by atoms with van der Waals surface area (Å²) in [5, 5.41) is 0.463. The molecule has 2 rings (SSSR count). The van der Waals surface area contributed by atoms with Crippen LogP contribution in [0.3, 0.4) is 0 Å². The summed E-state index contributed by atoms with van der Waals surface area (Å²) in [6, 6.07) is 3.72. The molecule has 0 aliphatic heterocycles. The summed E-state index contributed by atoms with van der Waals surface area (Å²) in [6.07, 6.45) is 3.51. The summed E-state index contributed by atoms with van der Waals surface area (Å²) in [7, 11) is 0. The van der Waals surface area contributed by atoms with Crippen molar-refractivity contribution in [1.29, 1.82) is 0 Å². The molecule has 0 spiro atoms.